The number of hydrogen-bond acceptors (Lipinski definition) is 4. The second-order valence-corrected chi connectivity index (χ2v) is 3.88. The molecule has 0 radical (unpaired) electrons. The number of anilines is 2. The zero-order valence-corrected chi connectivity index (χ0v) is 10.2. The van der Waals surface area contributed by atoms with Gasteiger partial charge in [-0.2, -0.15) is 0 Å². The van der Waals surface area contributed by atoms with E-state index in [9.17, 15) is 8.78 Å². The van der Waals surface area contributed by atoms with Gasteiger partial charge in [-0.3, -0.25) is 0 Å². The first-order valence-electron chi connectivity index (χ1n) is 5.77. The van der Waals surface area contributed by atoms with Crippen LogP contribution in [0.25, 0.3) is 0 Å². The van der Waals surface area contributed by atoms with Crippen LogP contribution in [0.3, 0.4) is 0 Å². The normalized spacial score (nSPS) is 12.5. The van der Waals surface area contributed by atoms with Crippen LogP contribution < -0.4 is 15.8 Å². The average Bonchev–Trinajstić information content (AvgIpc) is 2.35. The molecule has 1 unspecified atom stereocenters. The van der Waals surface area contributed by atoms with Crippen LogP contribution in [0.5, 0.6) is 5.75 Å². The van der Waals surface area contributed by atoms with Crippen molar-refractivity contribution < 1.29 is 18.6 Å². The highest BCUT2D eigenvalue weighted by Crippen LogP contribution is 2.25. The van der Waals surface area contributed by atoms with Crippen LogP contribution in [0.4, 0.5) is 20.2 Å². The Labute approximate surface area is 105 Å². The van der Waals surface area contributed by atoms with E-state index in [-0.39, 0.29) is 6.54 Å². The van der Waals surface area contributed by atoms with Crippen LogP contribution >= 0.6 is 0 Å². The van der Waals surface area contributed by atoms with Crippen LogP contribution in [-0.2, 0) is 0 Å². The second-order valence-electron chi connectivity index (χ2n) is 3.88. The van der Waals surface area contributed by atoms with Crippen molar-refractivity contribution in [2.45, 2.75) is 25.9 Å². The molecule has 0 aliphatic rings. The number of nitrogen functional groups attached to an aromatic ring is 1. The van der Waals surface area contributed by atoms with Crippen molar-refractivity contribution in [2.24, 2.45) is 0 Å². The SMILES string of the molecule is CCCOc1cc(NCC(O)C(F)F)ccc1N. The van der Waals surface area contributed by atoms with Crippen molar-refractivity contribution in [2.75, 3.05) is 24.2 Å². The molecule has 0 bridgehead atoms. The second kappa shape index (κ2) is 7.00. The van der Waals surface area contributed by atoms with E-state index in [1.807, 2.05) is 6.92 Å². The first kappa shape index (κ1) is 14.5. The minimum absolute atomic E-state index is 0.227. The fraction of sp³-hybridized carbons (Fsp3) is 0.500. The first-order chi connectivity index (χ1) is 8.54. The number of nitrogens with two attached hydrogens (primary N) is 1. The van der Waals surface area contributed by atoms with Gasteiger partial charge in [0, 0.05) is 18.3 Å². The summed E-state index contributed by atoms with van der Waals surface area (Å²) in [5.74, 6) is 0.508. The molecule has 6 heteroatoms. The van der Waals surface area contributed by atoms with Crippen molar-refractivity contribution in [3.63, 3.8) is 0 Å². The highest BCUT2D eigenvalue weighted by atomic mass is 19.3. The molecule has 0 saturated carbocycles. The zero-order chi connectivity index (χ0) is 13.5. The van der Waals surface area contributed by atoms with Crippen LogP contribution in [0, 0.1) is 0 Å². The van der Waals surface area contributed by atoms with E-state index < -0.39 is 12.5 Å². The van der Waals surface area contributed by atoms with E-state index in [2.05, 4.69) is 5.32 Å². The molecule has 4 N–H and O–H groups in total. The van der Waals surface area contributed by atoms with Gasteiger partial charge in [0.15, 0.2) is 0 Å². The molecule has 1 rings (SSSR count). The van der Waals surface area contributed by atoms with Gasteiger partial charge in [0.2, 0.25) is 0 Å². The number of nitrogens with one attached hydrogen (secondary N) is 1. The number of alkyl halides is 2. The minimum atomic E-state index is -2.76. The molecule has 18 heavy (non-hydrogen) atoms. The quantitative estimate of drug-likeness (QED) is 0.657. The molecule has 0 fully saturated rings. The van der Waals surface area contributed by atoms with Gasteiger partial charge in [-0.05, 0) is 18.6 Å². The third kappa shape index (κ3) is 4.37. The van der Waals surface area contributed by atoms with Gasteiger partial charge >= 0.3 is 0 Å². The molecular weight excluding hydrogens is 242 g/mol. The molecule has 0 amide bonds. The molecular formula is C12H18F2N2O2. The summed E-state index contributed by atoms with van der Waals surface area (Å²) < 4.78 is 29.6. The third-order valence-electron chi connectivity index (χ3n) is 2.28. The highest BCUT2D eigenvalue weighted by molar-refractivity contribution is 5.61. The van der Waals surface area contributed by atoms with Crippen molar-refractivity contribution in [3.8, 4) is 5.75 Å². The Morgan fingerprint density at radius 2 is 2.17 bits per heavy atom. The fourth-order valence-corrected chi connectivity index (χ4v) is 1.29. The van der Waals surface area contributed by atoms with E-state index in [1.165, 1.54) is 0 Å². The molecule has 1 aromatic carbocycles. The molecule has 0 saturated heterocycles. The smallest absolute Gasteiger partial charge is 0.265 e. The summed E-state index contributed by atoms with van der Waals surface area (Å²) in [6.45, 7) is 2.28. The van der Waals surface area contributed by atoms with E-state index in [1.54, 1.807) is 18.2 Å². The van der Waals surface area contributed by atoms with Crippen LogP contribution in [0.1, 0.15) is 13.3 Å². The number of rotatable bonds is 7. The number of halogens is 2. The van der Waals surface area contributed by atoms with Gasteiger partial charge in [-0.15, -0.1) is 0 Å². The largest absolute Gasteiger partial charge is 0.491 e. The van der Waals surface area contributed by atoms with Gasteiger partial charge in [0.25, 0.3) is 6.43 Å². The van der Waals surface area contributed by atoms with Crippen LogP contribution in [0.2, 0.25) is 0 Å². The predicted molar refractivity (Wildman–Crippen MR) is 67.1 cm³/mol. The Morgan fingerprint density at radius 3 is 2.78 bits per heavy atom. The van der Waals surface area contributed by atoms with Gasteiger partial charge in [-0.1, -0.05) is 6.92 Å². The van der Waals surface area contributed by atoms with E-state index in [0.29, 0.717) is 23.7 Å². The topological polar surface area (TPSA) is 67.5 Å². The van der Waals surface area contributed by atoms with Crippen LogP contribution in [-0.4, -0.2) is 30.8 Å². The van der Waals surface area contributed by atoms with E-state index in [4.69, 9.17) is 15.6 Å². The first-order valence-corrected chi connectivity index (χ1v) is 5.77. The van der Waals surface area contributed by atoms with Gasteiger partial charge in [0.05, 0.1) is 12.3 Å². The summed E-state index contributed by atoms with van der Waals surface area (Å²) in [7, 11) is 0. The lowest BCUT2D eigenvalue weighted by Crippen LogP contribution is -2.26. The molecule has 0 aliphatic carbocycles. The minimum Gasteiger partial charge on any atom is -0.491 e. The lowest BCUT2D eigenvalue weighted by atomic mass is 10.2. The maximum atomic E-state index is 12.1. The number of aliphatic hydroxyl groups is 1. The lowest BCUT2D eigenvalue weighted by Gasteiger charge is -2.14. The zero-order valence-electron chi connectivity index (χ0n) is 10.2. The number of hydrogen-bond donors (Lipinski definition) is 3. The summed E-state index contributed by atoms with van der Waals surface area (Å²) in [5, 5.41) is 11.7. The average molecular weight is 260 g/mol. The maximum Gasteiger partial charge on any atom is 0.265 e. The number of aliphatic hydroxyl groups excluding tert-OH is 1. The number of benzene rings is 1. The Kier molecular flexibility index (Phi) is 5.64. The van der Waals surface area contributed by atoms with Crippen LogP contribution in [0.15, 0.2) is 18.2 Å². The standard InChI is InChI=1S/C12H18F2N2O2/c1-2-5-18-11-6-8(3-4-9(11)15)16-7-10(17)12(13)14/h3-4,6,10,12,16-17H,2,5,7,15H2,1H3. The summed E-state index contributed by atoms with van der Waals surface area (Å²) in [6.07, 6.45) is -3.61. The van der Waals surface area contributed by atoms with Crippen molar-refractivity contribution in [1.82, 2.24) is 0 Å². The Hall–Kier alpha value is -1.56. The molecule has 0 aliphatic heterocycles. The molecule has 1 aromatic rings. The molecule has 102 valence electrons. The summed E-state index contributed by atoms with van der Waals surface area (Å²) in [5.41, 5.74) is 6.78. The van der Waals surface area contributed by atoms with Gasteiger partial charge < -0.3 is 20.9 Å². The van der Waals surface area contributed by atoms with Crippen molar-refractivity contribution >= 4 is 11.4 Å². The third-order valence-corrected chi connectivity index (χ3v) is 2.28. The van der Waals surface area contributed by atoms with Gasteiger partial charge in [-0.25, -0.2) is 8.78 Å². The predicted octanol–water partition coefficient (Wildman–Crippen LogP) is 2.10. The molecule has 1 atom stereocenters. The Morgan fingerprint density at radius 1 is 1.44 bits per heavy atom. The van der Waals surface area contributed by atoms with Crippen molar-refractivity contribution in [1.29, 1.82) is 0 Å². The van der Waals surface area contributed by atoms with Crippen molar-refractivity contribution in [3.05, 3.63) is 18.2 Å². The monoisotopic (exact) mass is 260 g/mol. The van der Waals surface area contributed by atoms with E-state index in [0.717, 1.165) is 6.42 Å². The van der Waals surface area contributed by atoms with E-state index >= 15 is 0 Å². The Bertz CT molecular complexity index is 375. The highest BCUT2D eigenvalue weighted by Gasteiger charge is 2.16. The Balaban J connectivity index is 2.61. The fourth-order valence-electron chi connectivity index (χ4n) is 1.29. The van der Waals surface area contributed by atoms with Gasteiger partial charge in [0.1, 0.15) is 11.9 Å². The summed E-state index contributed by atoms with van der Waals surface area (Å²) in [4.78, 5) is 0. The lowest BCUT2D eigenvalue weighted by molar-refractivity contribution is 0.00384. The molecule has 0 spiro atoms. The summed E-state index contributed by atoms with van der Waals surface area (Å²) in [6, 6.07) is 4.90. The number of ether oxygens (including phenoxy) is 1. The molecule has 4 nitrogen and oxygen atoms in total. The molecule has 0 heterocycles. The summed E-state index contributed by atoms with van der Waals surface area (Å²) >= 11 is 0. The molecule has 0 aromatic heterocycles. The maximum absolute atomic E-state index is 12.1.